The molecule has 1 aromatic heterocycles. The van der Waals surface area contributed by atoms with Gasteiger partial charge < -0.3 is 0 Å². The zero-order valence-corrected chi connectivity index (χ0v) is 4.98. The summed E-state index contributed by atoms with van der Waals surface area (Å²) in [5.74, 6) is -0.254. The lowest BCUT2D eigenvalue weighted by Crippen LogP contribution is -2.24. The first-order valence-corrected chi connectivity index (χ1v) is 2.77. The number of rotatable bonds is 0. The fourth-order valence-corrected chi connectivity index (χ4v) is 0.797. The number of hydrogen-bond acceptors (Lipinski definition) is 3. The van der Waals surface area contributed by atoms with E-state index >= 15 is 0 Å². The van der Waals surface area contributed by atoms with E-state index < -0.39 is 0 Å². The SMILES string of the molecule is O=C1C=c2ncncc2=N1. The molecule has 0 fully saturated rings. The molecule has 1 aliphatic rings. The van der Waals surface area contributed by atoms with Gasteiger partial charge in [-0.05, 0) is 0 Å². The summed E-state index contributed by atoms with van der Waals surface area (Å²) in [5.41, 5.74) is 0. The van der Waals surface area contributed by atoms with Gasteiger partial charge in [0.1, 0.15) is 11.7 Å². The van der Waals surface area contributed by atoms with E-state index in [4.69, 9.17) is 0 Å². The molecule has 1 aromatic rings. The van der Waals surface area contributed by atoms with Gasteiger partial charge in [0.25, 0.3) is 5.91 Å². The van der Waals surface area contributed by atoms with E-state index in [9.17, 15) is 4.79 Å². The molecule has 0 N–H and O–H groups in total. The van der Waals surface area contributed by atoms with Crippen molar-refractivity contribution in [3.63, 3.8) is 0 Å². The maximum Gasteiger partial charge on any atom is 0.272 e. The number of carbonyl (C=O) groups excluding carboxylic acids is 1. The van der Waals surface area contributed by atoms with Crippen molar-refractivity contribution in [1.29, 1.82) is 0 Å². The van der Waals surface area contributed by atoms with Gasteiger partial charge in [0.15, 0.2) is 0 Å². The molecular weight excluding hydrogens is 130 g/mol. The van der Waals surface area contributed by atoms with E-state index in [1.165, 1.54) is 18.6 Å². The highest BCUT2D eigenvalue weighted by molar-refractivity contribution is 6.05. The highest BCUT2D eigenvalue weighted by Gasteiger charge is 2.01. The zero-order valence-electron chi connectivity index (χ0n) is 4.98. The van der Waals surface area contributed by atoms with Gasteiger partial charge in [-0.1, -0.05) is 0 Å². The second-order valence-corrected chi connectivity index (χ2v) is 1.89. The van der Waals surface area contributed by atoms with Crippen LogP contribution in [0.4, 0.5) is 0 Å². The molecule has 0 saturated heterocycles. The van der Waals surface area contributed by atoms with E-state index in [1.54, 1.807) is 0 Å². The minimum Gasteiger partial charge on any atom is -0.267 e. The van der Waals surface area contributed by atoms with Crippen LogP contribution in [0.1, 0.15) is 0 Å². The molecule has 4 nitrogen and oxygen atoms in total. The van der Waals surface area contributed by atoms with Gasteiger partial charge in [-0.25, -0.2) is 15.0 Å². The number of nitrogens with zero attached hydrogens (tertiary/aromatic N) is 3. The van der Waals surface area contributed by atoms with Gasteiger partial charge in [0.05, 0.1) is 11.5 Å². The van der Waals surface area contributed by atoms with Crippen LogP contribution in [0.25, 0.3) is 6.08 Å². The predicted octanol–water partition coefficient (Wildman–Crippen LogP) is -1.58. The van der Waals surface area contributed by atoms with Crippen molar-refractivity contribution < 1.29 is 4.79 Å². The fourth-order valence-electron chi connectivity index (χ4n) is 0.797. The van der Waals surface area contributed by atoms with E-state index in [-0.39, 0.29) is 5.91 Å². The summed E-state index contributed by atoms with van der Waals surface area (Å²) in [6.07, 6.45) is 4.30. The smallest absolute Gasteiger partial charge is 0.267 e. The number of carbonyl (C=O) groups is 1. The van der Waals surface area contributed by atoms with Crippen molar-refractivity contribution in [2.75, 3.05) is 0 Å². The zero-order chi connectivity index (χ0) is 6.97. The normalized spacial score (nSPS) is 13.8. The Morgan fingerprint density at radius 2 is 2.30 bits per heavy atom. The molecule has 0 bridgehead atoms. The van der Waals surface area contributed by atoms with E-state index in [0.29, 0.717) is 10.7 Å². The Morgan fingerprint density at radius 1 is 1.40 bits per heavy atom. The van der Waals surface area contributed by atoms with Crippen LogP contribution in [0.15, 0.2) is 17.5 Å². The highest BCUT2D eigenvalue weighted by atomic mass is 16.1. The molecule has 0 radical (unpaired) electrons. The average molecular weight is 133 g/mol. The Hall–Kier alpha value is -1.58. The molecule has 0 aliphatic carbocycles. The van der Waals surface area contributed by atoms with Crippen molar-refractivity contribution >= 4 is 12.0 Å². The van der Waals surface area contributed by atoms with Crippen LogP contribution in [0, 0.1) is 0 Å². The first-order chi connectivity index (χ1) is 4.86. The molecule has 1 aliphatic heterocycles. The second kappa shape index (κ2) is 1.70. The summed E-state index contributed by atoms with van der Waals surface area (Å²) in [7, 11) is 0. The van der Waals surface area contributed by atoms with Crippen molar-refractivity contribution in [1.82, 2.24) is 9.97 Å². The highest BCUT2D eigenvalue weighted by Crippen LogP contribution is 1.77. The summed E-state index contributed by atoms with van der Waals surface area (Å²) in [6.45, 7) is 0. The Morgan fingerprint density at radius 3 is 3.10 bits per heavy atom. The third-order valence-electron chi connectivity index (χ3n) is 1.21. The summed E-state index contributed by atoms with van der Waals surface area (Å²) >= 11 is 0. The minimum atomic E-state index is -0.254. The molecule has 1 amide bonds. The molecule has 4 heteroatoms. The Labute approximate surface area is 56.0 Å². The van der Waals surface area contributed by atoms with Gasteiger partial charge in [-0.2, -0.15) is 0 Å². The number of hydrogen-bond donors (Lipinski definition) is 0. The summed E-state index contributed by atoms with van der Waals surface area (Å²) < 4.78 is 0. The van der Waals surface area contributed by atoms with Crippen molar-refractivity contribution in [2.45, 2.75) is 0 Å². The lowest BCUT2D eigenvalue weighted by Gasteiger charge is -1.76. The summed E-state index contributed by atoms with van der Waals surface area (Å²) in [6, 6.07) is 0. The topological polar surface area (TPSA) is 55.2 Å². The Balaban J connectivity index is 2.96. The number of amides is 1. The molecule has 2 rings (SSSR count). The molecule has 0 aromatic carbocycles. The number of fused-ring (bicyclic) bond motifs is 1. The van der Waals surface area contributed by atoms with E-state index in [2.05, 4.69) is 15.0 Å². The molecule has 0 spiro atoms. The van der Waals surface area contributed by atoms with Crippen LogP contribution in [-0.4, -0.2) is 15.9 Å². The van der Waals surface area contributed by atoms with Crippen LogP contribution in [-0.2, 0) is 4.79 Å². The molecule has 0 atom stereocenters. The van der Waals surface area contributed by atoms with Crippen LogP contribution >= 0.6 is 0 Å². The van der Waals surface area contributed by atoms with Gasteiger partial charge >= 0.3 is 0 Å². The standard InChI is InChI=1S/C6H3N3O/c10-6-1-4-5(9-6)2-7-3-8-4/h1-3H. The van der Waals surface area contributed by atoms with Gasteiger partial charge in [0.2, 0.25) is 0 Å². The molecular formula is C6H3N3O. The van der Waals surface area contributed by atoms with Crippen LogP contribution < -0.4 is 10.7 Å². The molecule has 0 saturated carbocycles. The van der Waals surface area contributed by atoms with E-state index in [1.807, 2.05) is 0 Å². The van der Waals surface area contributed by atoms with Crippen LogP contribution in [0.3, 0.4) is 0 Å². The first-order valence-electron chi connectivity index (χ1n) is 2.77. The molecule has 0 unspecified atom stereocenters. The molecule has 48 valence electrons. The Bertz CT molecular complexity index is 359. The van der Waals surface area contributed by atoms with Crippen molar-refractivity contribution in [2.24, 2.45) is 4.99 Å². The van der Waals surface area contributed by atoms with Gasteiger partial charge in [-0.3, -0.25) is 4.79 Å². The lowest BCUT2D eigenvalue weighted by atomic mass is 10.5. The van der Waals surface area contributed by atoms with Gasteiger partial charge in [-0.15, -0.1) is 0 Å². The molecule has 10 heavy (non-hydrogen) atoms. The maximum absolute atomic E-state index is 10.6. The van der Waals surface area contributed by atoms with E-state index in [0.717, 1.165) is 0 Å². The lowest BCUT2D eigenvalue weighted by molar-refractivity contribution is -0.112. The van der Waals surface area contributed by atoms with Crippen LogP contribution in [0.5, 0.6) is 0 Å². The maximum atomic E-state index is 10.6. The third kappa shape index (κ3) is 0.621. The van der Waals surface area contributed by atoms with Crippen molar-refractivity contribution in [3.8, 4) is 0 Å². The van der Waals surface area contributed by atoms with Crippen molar-refractivity contribution in [3.05, 3.63) is 23.2 Å². The van der Waals surface area contributed by atoms with Crippen LogP contribution in [0.2, 0.25) is 0 Å². The Kier molecular flexibility index (Phi) is 0.887. The summed E-state index contributed by atoms with van der Waals surface area (Å²) in [5, 5.41) is 1.17. The minimum absolute atomic E-state index is 0.254. The summed E-state index contributed by atoms with van der Waals surface area (Å²) in [4.78, 5) is 21.8. The predicted molar refractivity (Wildman–Crippen MR) is 32.3 cm³/mol. The van der Waals surface area contributed by atoms with Gasteiger partial charge in [0, 0.05) is 6.08 Å². The quantitative estimate of drug-likeness (QED) is 0.429. The fraction of sp³-hybridized carbons (Fsp3) is 0. The largest absolute Gasteiger partial charge is 0.272 e. The monoisotopic (exact) mass is 133 g/mol. The molecule has 2 heterocycles. The number of aromatic nitrogens is 2. The first kappa shape index (κ1) is 5.22. The third-order valence-corrected chi connectivity index (χ3v) is 1.21. The second-order valence-electron chi connectivity index (χ2n) is 1.89. The average Bonchev–Trinajstić information content (AvgIpc) is 2.27.